The first-order valence-electron chi connectivity index (χ1n) is 6.57. The van der Waals surface area contributed by atoms with Crippen molar-refractivity contribution in [3.8, 4) is 0 Å². The fourth-order valence-electron chi connectivity index (χ4n) is 2.54. The quantitative estimate of drug-likeness (QED) is 0.869. The van der Waals surface area contributed by atoms with Gasteiger partial charge in [-0.05, 0) is 24.1 Å². The van der Waals surface area contributed by atoms with E-state index in [4.69, 9.17) is 0 Å². The Kier molecular flexibility index (Phi) is 7.37. The molecule has 1 N–H and O–H groups in total. The highest BCUT2D eigenvalue weighted by molar-refractivity contribution is 9.10. The molecule has 0 bridgehead atoms. The molecule has 20 heavy (non-hydrogen) atoms. The van der Waals surface area contributed by atoms with Gasteiger partial charge in [-0.1, -0.05) is 28.1 Å². The maximum Gasteiger partial charge on any atom is 0.240 e. The third-order valence-electron chi connectivity index (χ3n) is 3.51. The van der Waals surface area contributed by atoms with Gasteiger partial charge in [0.05, 0.1) is 0 Å². The summed E-state index contributed by atoms with van der Waals surface area (Å²) in [7, 11) is 0. The van der Waals surface area contributed by atoms with E-state index in [2.05, 4.69) is 26.1 Å². The average Bonchev–Trinajstić information content (AvgIpc) is 2.37. The number of benzene rings is 1. The Hall–Kier alpha value is -0.230. The fraction of sp³-hybridized carbons (Fsp3) is 0.571. The van der Waals surface area contributed by atoms with Crippen molar-refractivity contribution in [1.82, 2.24) is 10.2 Å². The van der Waals surface area contributed by atoms with E-state index >= 15 is 0 Å². The van der Waals surface area contributed by atoms with Gasteiger partial charge in [0, 0.05) is 43.1 Å². The molecule has 1 atom stereocenters. The Labute approximate surface area is 133 Å². The van der Waals surface area contributed by atoms with E-state index in [1.54, 1.807) is 0 Å². The van der Waals surface area contributed by atoms with Crippen LogP contribution < -0.4 is 5.32 Å². The van der Waals surface area contributed by atoms with Gasteiger partial charge < -0.3 is 5.32 Å². The zero-order valence-corrected chi connectivity index (χ0v) is 13.8. The minimum atomic E-state index is -2.28. The first kappa shape index (κ1) is 17.8. The minimum absolute atomic E-state index is 0. The molecule has 1 aliphatic heterocycles. The molecule has 0 radical (unpaired) electrons. The van der Waals surface area contributed by atoms with E-state index in [1.807, 2.05) is 25.1 Å². The van der Waals surface area contributed by atoms with Crippen molar-refractivity contribution in [2.45, 2.75) is 25.8 Å². The lowest BCUT2D eigenvalue weighted by atomic mass is 10.00. The van der Waals surface area contributed by atoms with Crippen molar-refractivity contribution in [2.24, 2.45) is 0 Å². The van der Waals surface area contributed by atoms with Crippen LogP contribution in [0, 0.1) is 6.92 Å². The predicted molar refractivity (Wildman–Crippen MR) is 83.9 cm³/mol. The van der Waals surface area contributed by atoms with Crippen LogP contribution in [0.5, 0.6) is 0 Å². The van der Waals surface area contributed by atoms with Crippen LogP contribution in [0.4, 0.5) is 8.78 Å². The molecule has 1 saturated heterocycles. The zero-order chi connectivity index (χ0) is 13.8. The van der Waals surface area contributed by atoms with Crippen LogP contribution in [0.25, 0.3) is 0 Å². The number of hydrogen-bond acceptors (Lipinski definition) is 2. The van der Waals surface area contributed by atoms with E-state index in [0.717, 1.165) is 41.8 Å². The van der Waals surface area contributed by atoms with Crippen LogP contribution in [-0.2, 0) is 0 Å². The molecule has 0 unspecified atom stereocenters. The summed E-state index contributed by atoms with van der Waals surface area (Å²) in [5, 5.41) is 3.26. The topological polar surface area (TPSA) is 15.3 Å². The predicted octanol–water partition coefficient (Wildman–Crippen LogP) is 3.78. The average molecular weight is 370 g/mol. The third-order valence-corrected chi connectivity index (χ3v) is 4.20. The molecule has 0 amide bonds. The molecule has 1 aromatic rings. The van der Waals surface area contributed by atoms with Gasteiger partial charge in [0.15, 0.2) is 0 Å². The molecule has 1 aliphatic rings. The lowest BCUT2D eigenvalue weighted by Gasteiger charge is -2.35. The largest absolute Gasteiger partial charge is 0.314 e. The molecule has 0 aromatic heterocycles. The molecular formula is C14H20BrClF2N2. The maximum atomic E-state index is 12.9. The van der Waals surface area contributed by atoms with Crippen LogP contribution in [0.3, 0.4) is 0 Å². The summed E-state index contributed by atoms with van der Waals surface area (Å²) in [6.07, 6.45) is -2.39. The van der Waals surface area contributed by atoms with Gasteiger partial charge in [-0.25, -0.2) is 8.78 Å². The van der Waals surface area contributed by atoms with Crippen molar-refractivity contribution in [2.75, 3.05) is 26.2 Å². The van der Waals surface area contributed by atoms with Gasteiger partial charge in [0.25, 0.3) is 0 Å². The molecule has 114 valence electrons. The smallest absolute Gasteiger partial charge is 0.240 e. The second-order valence-corrected chi connectivity index (χ2v) is 5.81. The zero-order valence-electron chi connectivity index (χ0n) is 11.4. The van der Waals surface area contributed by atoms with Crippen LogP contribution in [0.2, 0.25) is 0 Å². The summed E-state index contributed by atoms with van der Waals surface area (Å²) in [6, 6.07) is 5.74. The van der Waals surface area contributed by atoms with Gasteiger partial charge in [0.1, 0.15) is 0 Å². The number of rotatable bonds is 4. The van der Waals surface area contributed by atoms with Gasteiger partial charge in [-0.2, -0.15) is 0 Å². The second-order valence-electron chi connectivity index (χ2n) is 4.95. The summed E-state index contributed by atoms with van der Waals surface area (Å²) in [5.41, 5.74) is 2.10. The van der Waals surface area contributed by atoms with E-state index in [9.17, 15) is 8.78 Å². The Balaban J connectivity index is 0.00000200. The van der Waals surface area contributed by atoms with Crippen molar-refractivity contribution < 1.29 is 8.78 Å². The standard InChI is InChI=1S/C14H19BrF2N2.ClH/c1-10-2-3-11(12(15)8-10)13(9-14(16)17)19-6-4-18-5-7-19;/h2-3,8,13-14,18H,4-7,9H2,1H3;1H/t13-;/m1./s1. The molecule has 0 spiro atoms. The molecule has 0 aliphatic carbocycles. The third kappa shape index (κ3) is 4.65. The summed E-state index contributed by atoms with van der Waals surface area (Å²) in [6.45, 7) is 5.36. The van der Waals surface area contributed by atoms with E-state index in [0.29, 0.717) is 0 Å². The number of aryl methyl sites for hydroxylation is 1. The Morgan fingerprint density at radius 1 is 1.30 bits per heavy atom. The monoisotopic (exact) mass is 368 g/mol. The number of nitrogens with zero attached hydrogens (tertiary/aromatic N) is 1. The lowest BCUT2D eigenvalue weighted by molar-refractivity contribution is 0.0736. The first-order valence-corrected chi connectivity index (χ1v) is 7.36. The number of nitrogens with one attached hydrogen (secondary N) is 1. The van der Waals surface area contributed by atoms with Crippen LogP contribution >= 0.6 is 28.3 Å². The van der Waals surface area contributed by atoms with Crippen LogP contribution in [0.1, 0.15) is 23.6 Å². The van der Waals surface area contributed by atoms with Crippen LogP contribution in [0.15, 0.2) is 22.7 Å². The molecular weight excluding hydrogens is 350 g/mol. The highest BCUT2D eigenvalue weighted by Crippen LogP contribution is 2.33. The van der Waals surface area contributed by atoms with Gasteiger partial charge >= 0.3 is 0 Å². The molecule has 1 heterocycles. The molecule has 1 aromatic carbocycles. The van der Waals surface area contributed by atoms with Crippen molar-refractivity contribution in [3.05, 3.63) is 33.8 Å². The summed E-state index contributed by atoms with van der Waals surface area (Å²) < 4.78 is 26.7. The summed E-state index contributed by atoms with van der Waals surface area (Å²) in [4.78, 5) is 2.15. The van der Waals surface area contributed by atoms with E-state index in [1.165, 1.54) is 0 Å². The van der Waals surface area contributed by atoms with Crippen molar-refractivity contribution >= 4 is 28.3 Å². The molecule has 1 fully saturated rings. The highest BCUT2D eigenvalue weighted by Gasteiger charge is 2.26. The van der Waals surface area contributed by atoms with E-state index < -0.39 is 6.43 Å². The SMILES string of the molecule is Cc1ccc([C@@H](CC(F)F)N2CCNCC2)c(Br)c1.Cl. The first-order chi connectivity index (χ1) is 9.08. The molecule has 0 saturated carbocycles. The van der Waals surface area contributed by atoms with Crippen LogP contribution in [-0.4, -0.2) is 37.5 Å². The second kappa shape index (κ2) is 8.27. The van der Waals surface area contributed by atoms with E-state index in [-0.39, 0.29) is 24.9 Å². The van der Waals surface area contributed by atoms with Gasteiger partial charge in [0.2, 0.25) is 6.43 Å². The molecule has 6 heteroatoms. The summed E-state index contributed by atoms with van der Waals surface area (Å²) in [5.74, 6) is 0. The Morgan fingerprint density at radius 2 is 1.95 bits per heavy atom. The fourth-order valence-corrected chi connectivity index (χ4v) is 3.30. The normalized spacial score (nSPS) is 17.9. The number of hydrogen-bond donors (Lipinski definition) is 1. The summed E-state index contributed by atoms with van der Waals surface area (Å²) >= 11 is 3.52. The van der Waals surface area contributed by atoms with Gasteiger partial charge in [-0.15, -0.1) is 12.4 Å². The van der Waals surface area contributed by atoms with Crippen molar-refractivity contribution in [1.29, 1.82) is 0 Å². The number of halogens is 4. The lowest BCUT2D eigenvalue weighted by Crippen LogP contribution is -2.45. The number of piperazine rings is 1. The van der Waals surface area contributed by atoms with Gasteiger partial charge in [-0.3, -0.25) is 4.90 Å². The Bertz CT molecular complexity index is 426. The Morgan fingerprint density at radius 3 is 2.50 bits per heavy atom. The molecule has 2 rings (SSSR count). The van der Waals surface area contributed by atoms with Crippen molar-refractivity contribution in [3.63, 3.8) is 0 Å². The maximum absolute atomic E-state index is 12.9. The number of alkyl halides is 2. The minimum Gasteiger partial charge on any atom is -0.314 e. The highest BCUT2D eigenvalue weighted by atomic mass is 79.9. The molecule has 2 nitrogen and oxygen atoms in total.